The molecule has 2 N–H and O–H groups in total. The largest absolute Gasteiger partial charge is 0.325 e. The highest BCUT2D eigenvalue weighted by atomic mass is 35.5. The van der Waals surface area contributed by atoms with E-state index in [2.05, 4.69) is 6.92 Å². The molecule has 1 aliphatic rings. The summed E-state index contributed by atoms with van der Waals surface area (Å²) in [5.74, 6) is 0.472. The van der Waals surface area contributed by atoms with Crippen LogP contribution in [0.1, 0.15) is 44.6 Å². The van der Waals surface area contributed by atoms with Crippen molar-refractivity contribution in [3.8, 4) is 0 Å². The van der Waals surface area contributed by atoms with Crippen molar-refractivity contribution in [3.05, 3.63) is 34.6 Å². The van der Waals surface area contributed by atoms with E-state index in [9.17, 15) is 4.39 Å². The second-order valence-corrected chi connectivity index (χ2v) is 6.05. The Balaban J connectivity index is 2.02. The maximum atomic E-state index is 13.1. The molecule has 100 valence electrons. The van der Waals surface area contributed by atoms with Crippen molar-refractivity contribution in [3.63, 3.8) is 0 Å². The molecule has 3 heteroatoms. The number of nitrogens with two attached hydrogens (primary N) is 1. The van der Waals surface area contributed by atoms with Gasteiger partial charge < -0.3 is 5.73 Å². The van der Waals surface area contributed by atoms with Gasteiger partial charge in [-0.05, 0) is 55.7 Å². The number of benzene rings is 1. The zero-order chi connectivity index (χ0) is 13.2. The van der Waals surface area contributed by atoms with Crippen LogP contribution >= 0.6 is 11.6 Å². The SMILES string of the molecule is CCC1CCC(N)(Cc2ccc(F)c(Cl)c2)CC1. The normalized spacial score (nSPS) is 28.3. The van der Waals surface area contributed by atoms with E-state index in [1.165, 1.54) is 25.3 Å². The molecule has 0 unspecified atom stereocenters. The van der Waals surface area contributed by atoms with Crippen LogP contribution < -0.4 is 5.73 Å². The summed E-state index contributed by atoms with van der Waals surface area (Å²) in [5, 5.41) is 0.193. The Morgan fingerprint density at radius 2 is 2.06 bits per heavy atom. The first kappa shape index (κ1) is 13.8. The quantitative estimate of drug-likeness (QED) is 0.869. The minimum Gasteiger partial charge on any atom is -0.325 e. The molecule has 0 radical (unpaired) electrons. The fourth-order valence-corrected chi connectivity index (χ4v) is 3.10. The number of halogens is 2. The van der Waals surface area contributed by atoms with Gasteiger partial charge in [0.15, 0.2) is 0 Å². The smallest absolute Gasteiger partial charge is 0.141 e. The lowest BCUT2D eigenvalue weighted by atomic mass is 9.73. The summed E-state index contributed by atoms with van der Waals surface area (Å²) in [4.78, 5) is 0. The minimum atomic E-state index is -0.360. The molecular weight excluding hydrogens is 249 g/mol. The lowest BCUT2D eigenvalue weighted by molar-refractivity contribution is 0.228. The van der Waals surface area contributed by atoms with E-state index in [4.69, 9.17) is 17.3 Å². The van der Waals surface area contributed by atoms with Gasteiger partial charge in [0.2, 0.25) is 0 Å². The Kier molecular flexibility index (Phi) is 4.29. The molecule has 0 atom stereocenters. The van der Waals surface area contributed by atoms with Crippen LogP contribution in [0.2, 0.25) is 5.02 Å². The molecule has 0 aliphatic heterocycles. The van der Waals surface area contributed by atoms with Gasteiger partial charge in [-0.25, -0.2) is 4.39 Å². The van der Waals surface area contributed by atoms with Crippen molar-refractivity contribution in [2.45, 2.75) is 51.0 Å². The molecule has 1 aromatic carbocycles. The van der Waals surface area contributed by atoms with E-state index in [0.717, 1.165) is 30.7 Å². The van der Waals surface area contributed by atoms with Crippen molar-refractivity contribution < 1.29 is 4.39 Å². The second-order valence-electron chi connectivity index (χ2n) is 5.64. The van der Waals surface area contributed by atoms with Crippen molar-refractivity contribution in [2.24, 2.45) is 11.7 Å². The van der Waals surface area contributed by atoms with Gasteiger partial charge in [0.25, 0.3) is 0 Å². The zero-order valence-electron chi connectivity index (χ0n) is 10.9. The summed E-state index contributed by atoms with van der Waals surface area (Å²) >= 11 is 5.81. The van der Waals surface area contributed by atoms with Gasteiger partial charge in [-0.3, -0.25) is 0 Å². The van der Waals surface area contributed by atoms with E-state index in [1.807, 2.05) is 0 Å². The Bertz CT molecular complexity index is 411. The van der Waals surface area contributed by atoms with Crippen LogP contribution in [0.15, 0.2) is 18.2 Å². The molecule has 1 aliphatic carbocycles. The van der Waals surface area contributed by atoms with Gasteiger partial charge in [0.1, 0.15) is 5.82 Å². The lowest BCUT2D eigenvalue weighted by Crippen LogP contribution is -2.45. The molecule has 1 aromatic rings. The first-order valence-electron chi connectivity index (χ1n) is 6.75. The summed E-state index contributed by atoms with van der Waals surface area (Å²) < 4.78 is 13.1. The van der Waals surface area contributed by atoms with Crippen molar-refractivity contribution in [1.82, 2.24) is 0 Å². The van der Waals surface area contributed by atoms with Crippen LogP contribution in [0.3, 0.4) is 0 Å². The van der Waals surface area contributed by atoms with Crippen LogP contribution in [0.4, 0.5) is 4.39 Å². The molecule has 0 heterocycles. The molecule has 1 nitrogen and oxygen atoms in total. The zero-order valence-corrected chi connectivity index (χ0v) is 11.6. The van der Waals surface area contributed by atoms with E-state index in [1.54, 1.807) is 12.1 Å². The Morgan fingerprint density at radius 1 is 1.39 bits per heavy atom. The predicted octanol–water partition coefficient (Wildman–Crippen LogP) is 4.32. The highest BCUT2D eigenvalue weighted by Crippen LogP contribution is 2.34. The van der Waals surface area contributed by atoms with Gasteiger partial charge in [-0.1, -0.05) is 31.0 Å². The van der Waals surface area contributed by atoms with Gasteiger partial charge in [-0.2, -0.15) is 0 Å². The van der Waals surface area contributed by atoms with Gasteiger partial charge >= 0.3 is 0 Å². The first-order valence-corrected chi connectivity index (χ1v) is 7.13. The maximum absolute atomic E-state index is 13.1. The first-order chi connectivity index (χ1) is 8.52. The van der Waals surface area contributed by atoms with Crippen molar-refractivity contribution in [2.75, 3.05) is 0 Å². The molecule has 0 saturated heterocycles. The number of hydrogen-bond donors (Lipinski definition) is 1. The average molecular weight is 270 g/mol. The lowest BCUT2D eigenvalue weighted by Gasteiger charge is -2.37. The molecule has 18 heavy (non-hydrogen) atoms. The highest BCUT2D eigenvalue weighted by Gasteiger charge is 2.31. The van der Waals surface area contributed by atoms with Gasteiger partial charge in [0, 0.05) is 5.54 Å². The molecule has 2 rings (SSSR count). The van der Waals surface area contributed by atoms with Crippen LogP contribution in [0.25, 0.3) is 0 Å². The molecule has 0 amide bonds. The summed E-state index contributed by atoms with van der Waals surface area (Å²) in [6.45, 7) is 2.24. The van der Waals surface area contributed by atoms with E-state index >= 15 is 0 Å². The third-order valence-corrected chi connectivity index (χ3v) is 4.51. The maximum Gasteiger partial charge on any atom is 0.141 e. The van der Waals surface area contributed by atoms with E-state index in [-0.39, 0.29) is 16.4 Å². The topological polar surface area (TPSA) is 26.0 Å². The Hall–Kier alpha value is -0.600. The fraction of sp³-hybridized carbons (Fsp3) is 0.600. The summed E-state index contributed by atoms with van der Waals surface area (Å²) in [5.41, 5.74) is 7.37. The third-order valence-electron chi connectivity index (χ3n) is 4.22. The van der Waals surface area contributed by atoms with Crippen LogP contribution in [0.5, 0.6) is 0 Å². The Labute approximate surface area is 114 Å². The monoisotopic (exact) mass is 269 g/mol. The molecular formula is C15H21ClFN. The third kappa shape index (κ3) is 3.24. The van der Waals surface area contributed by atoms with Crippen molar-refractivity contribution in [1.29, 1.82) is 0 Å². The van der Waals surface area contributed by atoms with E-state index < -0.39 is 0 Å². The molecule has 1 saturated carbocycles. The molecule has 0 aromatic heterocycles. The number of rotatable bonds is 3. The summed E-state index contributed by atoms with van der Waals surface area (Å²) in [6.07, 6.45) is 6.58. The molecule has 0 bridgehead atoms. The second kappa shape index (κ2) is 5.58. The predicted molar refractivity (Wildman–Crippen MR) is 74.3 cm³/mol. The molecule has 0 spiro atoms. The van der Waals surface area contributed by atoms with Crippen LogP contribution in [0, 0.1) is 11.7 Å². The van der Waals surface area contributed by atoms with E-state index in [0.29, 0.717) is 0 Å². The van der Waals surface area contributed by atoms with Crippen LogP contribution in [-0.2, 0) is 6.42 Å². The average Bonchev–Trinajstić information content (AvgIpc) is 2.35. The van der Waals surface area contributed by atoms with Gasteiger partial charge in [-0.15, -0.1) is 0 Å². The van der Waals surface area contributed by atoms with Gasteiger partial charge in [0.05, 0.1) is 5.02 Å². The highest BCUT2D eigenvalue weighted by molar-refractivity contribution is 6.30. The fourth-order valence-electron chi connectivity index (χ4n) is 2.89. The van der Waals surface area contributed by atoms with Crippen molar-refractivity contribution >= 4 is 11.6 Å². The molecule has 1 fully saturated rings. The number of hydrogen-bond acceptors (Lipinski definition) is 1. The minimum absolute atomic E-state index is 0.132. The Morgan fingerprint density at radius 3 is 2.61 bits per heavy atom. The summed E-state index contributed by atoms with van der Waals surface area (Å²) in [6, 6.07) is 4.93. The standard InChI is InChI=1S/C15H21ClFN/c1-2-11-5-7-15(18,8-6-11)10-12-3-4-14(17)13(16)9-12/h3-4,9,11H,2,5-8,10,18H2,1H3. The summed E-state index contributed by atoms with van der Waals surface area (Å²) in [7, 11) is 0. The van der Waals surface area contributed by atoms with Crippen LogP contribution in [-0.4, -0.2) is 5.54 Å².